The molecular weight excluding hydrogens is 356 g/mol. The molecule has 0 spiro atoms. The quantitative estimate of drug-likeness (QED) is 0.479. The highest BCUT2D eigenvalue weighted by Crippen LogP contribution is 2.21. The summed E-state index contributed by atoms with van der Waals surface area (Å²) in [6, 6.07) is 21.1. The van der Waals surface area contributed by atoms with Crippen molar-refractivity contribution in [2.24, 2.45) is 0 Å². The number of hydrogen-bond acceptors (Lipinski definition) is 4. The summed E-state index contributed by atoms with van der Waals surface area (Å²) in [4.78, 5) is 22.7. The Labute approximate surface area is 162 Å². The van der Waals surface area contributed by atoms with E-state index in [4.69, 9.17) is 0 Å². The molecule has 3 aromatic carbocycles. The number of aliphatic hydroxyl groups excluding tert-OH is 1. The largest absolute Gasteiger partial charge is 0.392 e. The molecule has 1 amide bonds. The van der Waals surface area contributed by atoms with Crippen LogP contribution < -0.4 is 5.32 Å². The number of anilines is 1. The van der Waals surface area contributed by atoms with Gasteiger partial charge in [0.25, 0.3) is 11.6 Å². The molecule has 142 valence electrons. The first kappa shape index (κ1) is 19.3. The third kappa shape index (κ3) is 4.81. The third-order valence-corrected chi connectivity index (χ3v) is 4.48. The van der Waals surface area contributed by atoms with Gasteiger partial charge in [-0.2, -0.15) is 0 Å². The van der Waals surface area contributed by atoms with Crippen LogP contribution in [0.3, 0.4) is 0 Å². The van der Waals surface area contributed by atoms with Gasteiger partial charge in [0.1, 0.15) is 0 Å². The van der Waals surface area contributed by atoms with Gasteiger partial charge in [0.05, 0.1) is 11.5 Å². The lowest BCUT2D eigenvalue weighted by atomic mass is 10.0. The topological polar surface area (TPSA) is 92.5 Å². The highest BCUT2D eigenvalue weighted by molar-refractivity contribution is 6.04. The van der Waals surface area contributed by atoms with Crippen LogP contribution in [0.15, 0.2) is 72.8 Å². The summed E-state index contributed by atoms with van der Waals surface area (Å²) in [6.45, 7) is -0.200. The van der Waals surface area contributed by atoms with Crippen molar-refractivity contribution in [1.82, 2.24) is 0 Å². The molecule has 0 atom stereocenters. The molecule has 3 rings (SSSR count). The summed E-state index contributed by atoms with van der Waals surface area (Å²) < 4.78 is 0. The first-order valence-electron chi connectivity index (χ1n) is 8.89. The number of non-ortho nitro benzene ring substituents is 1. The molecule has 6 heteroatoms. The maximum absolute atomic E-state index is 12.5. The van der Waals surface area contributed by atoms with Crippen LogP contribution >= 0.6 is 0 Å². The number of carbonyl (C=O) groups excluding carboxylic acids is 1. The molecule has 3 aromatic rings. The summed E-state index contributed by atoms with van der Waals surface area (Å²) in [5, 5.41) is 23.1. The van der Waals surface area contributed by atoms with Crippen LogP contribution in [0.5, 0.6) is 0 Å². The predicted octanol–water partition coefficient (Wildman–Crippen LogP) is 4.12. The van der Waals surface area contributed by atoms with Gasteiger partial charge in [0.2, 0.25) is 0 Å². The SMILES string of the molecule is O=C(Nc1cc(CCc2ccccc2)ccc1CO)c1ccc([N+](=O)[O-])cc1. The molecule has 0 fully saturated rings. The van der Waals surface area contributed by atoms with Crippen LogP contribution in [0.4, 0.5) is 11.4 Å². The minimum absolute atomic E-state index is 0.0736. The van der Waals surface area contributed by atoms with E-state index in [0.717, 1.165) is 18.4 Å². The first-order valence-corrected chi connectivity index (χ1v) is 8.89. The molecule has 6 nitrogen and oxygen atoms in total. The van der Waals surface area contributed by atoms with E-state index in [9.17, 15) is 20.0 Å². The van der Waals surface area contributed by atoms with Gasteiger partial charge in [0.15, 0.2) is 0 Å². The maximum Gasteiger partial charge on any atom is 0.269 e. The van der Waals surface area contributed by atoms with Crippen molar-refractivity contribution in [2.75, 3.05) is 5.32 Å². The average Bonchev–Trinajstić information content (AvgIpc) is 2.73. The lowest BCUT2D eigenvalue weighted by Crippen LogP contribution is -2.13. The van der Waals surface area contributed by atoms with Crippen molar-refractivity contribution in [1.29, 1.82) is 0 Å². The third-order valence-electron chi connectivity index (χ3n) is 4.48. The summed E-state index contributed by atoms with van der Waals surface area (Å²) >= 11 is 0. The Kier molecular flexibility index (Phi) is 6.14. The second-order valence-corrected chi connectivity index (χ2v) is 6.39. The van der Waals surface area contributed by atoms with Gasteiger partial charge in [-0.1, -0.05) is 42.5 Å². The number of aliphatic hydroxyl groups is 1. The second-order valence-electron chi connectivity index (χ2n) is 6.39. The van der Waals surface area contributed by atoms with E-state index < -0.39 is 4.92 Å². The van der Waals surface area contributed by atoms with Crippen molar-refractivity contribution in [3.05, 3.63) is 105 Å². The van der Waals surface area contributed by atoms with E-state index in [1.165, 1.54) is 29.8 Å². The van der Waals surface area contributed by atoms with Crippen molar-refractivity contribution in [3.8, 4) is 0 Å². The Hall–Kier alpha value is -3.51. The fourth-order valence-electron chi connectivity index (χ4n) is 2.90. The van der Waals surface area contributed by atoms with Crippen molar-refractivity contribution in [3.63, 3.8) is 0 Å². The Balaban J connectivity index is 1.74. The van der Waals surface area contributed by atoms with Crippen molar-refractivity contribution >= 4 is 17.3 Å². The van der Waals surface area contributed by atoms with Gasteiger partial charge in [0, 0.05) is 28.9 Å². The van der Waals surface area contributed by atoms with Gasteiger partial charge in [-0.15, -0.1) is 0 Å². The molecule has 0 aromatic heterocycles. The van der Waals surface area contributed by atoms with Crippen LogP contribution in [-0.2, 0) is 19.4 Å². The smallest absolute Gasteiger partial charge is 0.269 e. The molecule has 0 radical (unpaired) electrons. The minimum Gasteiger partial charge on any atom is -0.392 e. The zero-order valence-electron chi connectivity index (χ0n) is 15.2. The molecule has 2 N–H and O–H groups in total. The van der Waals surface area contributed by atoms with Gasteiger partial charge in [-0.05, 0) is 42.2 Å². The molecule has 28 heavy (non-hydrogen) atoms. The van der Waals surface area contributed by atoms with Crippen LogP contribution in [0, 0.1) is 10.1 Å². The van der Waals surface area contributed by atoms with Crippen LogP contribution in [0.25, 0.3) is 0 Å². The van der Waals surface area contributed by atoms with E-state index in [1.807, 2.05) is 30.3 Å². The number of carbonyl (C=O) groups is 1. The molecule has 0 saturated heterocycles. The van der Waals surface area contributed by atoms with Crippen LogP contribution in [-0.4, -0.2) is 15.9 Å². The number of amides is 1. The average molecular weight is 376 g/mol. The Morgan fingerprint density at radius 2 is 1.61 bits per heavy atom. The molecule has 0 aliphatic rings. The molecule has 0 unspecified atom stereocenters. The van der Waals surface area contributed by atoms with E-state index in [2.05, 4.69) is 17.4 Å². The Morgan fingerprint density at radius 1 is 0.929 bits per heavy atom. The van der Waals surface area contributed by atoms with Gasteiger partial charge < -0.3 is 10.4 Å². The summed E-state index contributed by atoms with van der Waals surface area (Å²) in [5.41, 5.74) is 3.65. The summed E-state index contributed by atoms with van der Waals surface area (Å²) in [7, 11) is 0. The highest BCUT2D eigenvalue weighted by Gasteiger charge is 2.12. The van der Waals surface area contributed by atoms with Crippen LogP contribution in [0.2, 0.25) is 0 Å². The number of nitrogens with one attached hydrogen (secondary N) is 1. The second kappa shape index (κ2) is 8.92. The highest BCUT2D eigenvalue weighted by atomic mass is 16.6. The van der Waals surface area contributed by atoms with E-state index in [0.29, 0.717) is 16.8 Å². The molecule has 0 saturated carbocycles. The van der Waals surface area contributed by atoms with E-state index >= 15 is 0 Å². The summed E-state index contributed by atoms with van der Waals surface area (Å²) in [5.74, 6) is -0.384. The lowest BCUT2D eigenvalue weighted by Gasteiger charge is -2.12. The van der Waals surface area contributed by atoms with Gasteiger partial charge in [-0.25, -0.2) is 0 Å². The molecule has 0 bridgehead atoms. The number of nitro benzene ring substituents is 1. The fraction of sp³-hybridized carbons (Fsp3) is 0.136. The number of aryl methyl sites for hydroxylation is 2. The van der Waals surface area contributed by atoms with E-state index in [1.54, 1.807) is 6.07 Å². The minimum atomic E-state index is -0.512. The van der Waals surface area contributed by atoms with E-state index in [-0.39, 0.29) is 18.2 Å². The van der Waals surface area contributed by atoms with Gasteiger partial charge in [-0.3, -0.25) is 14.9 Å². The zero-order chi connectivity index (χ0) is 19.9. The number of benzene rings is 3. The maximum atomic E-state index is 12.5. The molecule has 0 aliphatic heterocycles. The standard InChI is InChI=1S/C22H20N2O4/c25-15-19-9-8-17(7-6-16-4-2-1-3-5-16)14-21(19)23-22(26)18-10-12-20(13-11-18)24(27)28/h1-5,8-14,25H,6-7,15H2,(H,23,26). The van der Waals surface area contributed by atoms with Gasteiger partial charge >= 0.3 is 0 Å². The molecule has 0 aliphatic carbocycles. The van der Waals surface area contributed by atoms with Crippen LogP contribution in [0.1, 0.15) is 27.0 Å². The number of rotatable bonds is 7. The van der Waals surface area contributed by atoms with Crippen molar-refractivity contribution in [2.45, 2.75) is 19.4 Å². The Morgan fingerprint density at radius 3 is 2.25 bits per heavy atom. The number of hydrogen-bond donors (Lipinski definition) is 2. The molecule has 0 heterocycles. The predicted molar refractivity (Wildman–Crippen MR) is 107 cm³/mol. The first-order chi connectivity index (χ1) is 13.6. The Bertz CT molecular complexity index is 970. The number of nitrogens with zero attached hydrogens (tertiary/aromatic N) is 1. The fourth-order valence-corrected chi connectivity index (χ4v) is 2.90. The number of nitro groups is 1. The monoisotopic (exact) mass is 376 g/mol. The zero-order valence-corrected chi connectivity index (χ0v) is 15.2. The normalized spacial score (nSPS) is 10.5. The van der Waals surface area contributed by atoms with Crippen molar-refractivity contribution < 1.29 is 14.8 Å². The lowest BCUT2D eigenvalue weighted by molar-refractivity contribution is -0.384. The molecular formula is C22H20N2O4. The summed E-state index contributed by atoms with van der Waals surface area (Å²) in [6.07, 6.45) is 1.67.